The van der Waals surface area contributed by atoms with E-state index in [0.29, 0.717) is 30.2 Å². The third-order valence-corrected chi connectivity index (χ3v) is 7.05. The van der Waals surface area contributed by atoms with Gasteiger partial charge in [-0.2, -0.15) is 4.99 Å². The molecule has 4 rings (SSSR count). The number of ether oxygens (including phenoxy) is 2. The molecule has 236 valence electrons. The van der Waals surface area contributed by atoms with Crippen LogP contribution in [0.2, 0.25) is 0 Å². The van der Waals surface area contributed by atoms with Crippen LogP contribution in [0.3, 0.4) is 0 Å². The van der Waals surface area contributed by atoms with Crippen LogP contribution in [0.25, 0.3) is 0 Å². The predicted octanol–water partition coefficient (Wildman–Crippen LogP) is 10.2. The van der Waals surface area contributed by atoms with Gasteiger partial charge >= 0.3 is 0 Å². The topological polar surface area (TPSA) is 88.8 Å². The molecule has 45 heavy (non-hydrogen) atoms. The molecule has 0 aliphatic carbocycles. The van der Waals surface area contributed by atoms with E-state index in [2.05, 4.69) is 49.0 Å². The lowest BCUT2D eigenvalue weighted by Gasteiger charge is -2.09. The summed E-state index contributed by atoms with van der Waals surface area (Å²) in [5, 5.41) is 7.17. The van der Waals surface area contributed by atoms with Crippen LogP contribution in [-0.4, -0.2) is 36.2 Å². The van der Waals surface area contributed by atoms with Gasteiger partial charge in [0.25, 0.3) is 11.1 Å². The lowest BCUT2D eigenvalue weighted by atomic mass is 10.1. The van der Waals surface area contributed by atoms with E-state index in [1.165, 1.54) is 11.1 Å². The third kappa shape index (κ3) is 13.5. The van der Waals surface area contributed by atoms with Crippen LogP contribution in [0.15, 0.2) is 98.9 Å². The number of amides is 1. The zero-order chi connectivity index (χ0) is 33.5. The van der Waals surface area contributed by atoms with E-state index in [-0.39, 0.29) is 11.8 Å². The van der Waals surface area contributed by atoms with E-state index in [1.54, 1.807) is 30.3 Å². The maximum atomic E-state index is 12.3. The van der Waals surface area contributed by atoms with Crippen LogP contribution in [0.4, 0.5) is 0 Å². The molecule has 0 fully saturated rings. The Balaban J connectivity index is 0.000000259. The van der Waals surface area contributed by atoms with Gasteiger partial charge in [0.2, 0.25) is 11.8 Å². The SMILES string of the molecule is CCOC(=N)c1cc(C)cc(C)c1.CCOC(=NC(=O)c1cccc(Br)c1)c1cc(C)cc(C)c1.O=C(Cl)c1cccc(Br)c1. The van der Waals surface area contributed by atoms with Gasteiger partial charge in [-0.05, 0) is 108 Å². The molecular weight excluding hydrogens is 720 g/mol. The summed E-state index contributed by atoms with van der Waals surface area (Å²) in [5.74, 6) is 0.303. The first-order valence-corrected chi connectivity index (χ1v) is 16.1. The van der Waals surface area contributed by atoms with E-state index in [1.807, 2.05) is 84.0 Å². The van der Waals surface area contributed by atoms with E-state index in [4.69, 9.17) is 26.5 Å². The minimum Gasteiger partial charge on any atom is -0.478 e. The summed E-state index contributed by atoms with van der Waals surface area (Å²) in [6.45, 7) is 12.8. The van der Waals surface area contributed by atoms with Crippen LogP contribution in [0.1, 0.15) is 67.9 Å². The van der Waals surface area contributed by atoms with Crippen molar-refractivity contribution in [3.05, 3.63) is 138 Å². The Labute approximate surface area is 287 Å². The average molecular weight is 757 g/mol. The third-order valence-electron chi connectivity index (χ3n) is 5.85. The van der Waals surface area contributed by atoms with Gasteiger partial charge in [0.15, 0.2) is 0 Å². The number of benzene rings is 4. The molecule has 0 radical (unpaired) electrons. The zero-order valence-electron chi connectivity index (χ0n) is 26.2. The molecule has 4 aromatic rings. The fraction of sp³-hybridized carbons (Fsp3) is 0.222. The summed E-state index contributed by atoms with van der Waals surface area (Å²) in [6, 6.07) is 26.1. The Morgan fingerprint density at radius 1 is 0.667 bits per heavy atom. The van der Waals surface area contributed by atoms with Crippen LogP contribution < -0.4 is 0 Å². The van der Waals surface area contributed by atoms with E-state index >= 15 is 0 Å². The smallest absolute Gasteiger partial charge is 0.280 e. The Bertz CT molecular complexity index is 1630. The lowest BCUT2D eigenvalue weighted by molar-refractivity contribution is 0.0998. The second-order valence-electron chi connectivity index (χ2n) is 9.96. The fourth-order valence-corrected chi connectivity index (χ4v) is 5.05. The molecule has 0 saturated carbocycles. The number of hydrogen-bond donors (Lipinski definition) is 1. The molecule has 1 N–H and O–H groups in total. The van der Waals surface area contributed by atoms with Crippen molar-refractivity contribution in [1.29, 1.82) is 5.41 Å². The lowest BCUT2D eigenvalue weighted by Crippen LogP contribution is -2.11. The van der Waals surface area contributed by atoms with Gasteiger partial charge in [0.05, 0.1) is 13.2 Å². The number of hydrogen-bond acceptors (Lipinski definition) is 5. The van der Waals surface area contributed by atoms with E-state index < -0.39 is 5.24 Å². The highest BCUT2D eigenvalue weighted by molar-refractivity contribution is 9.10. The normalized spacial score (nSPS) is 10.5. The molecule has 0 heterocycles. The van der Waals surface area contributed by atoms with Gasteiger partial charge in [-0.25, -0.2) is 0 Å². The first-order valence-electron chi connectivity index (χ1n) is 14.2. The molecule has 9 heteroatoms. The maximum absolute atomic E-state index is 12.3. The van der Waals surface area contributed by atoms with Crippen molar-refractivity contribution in [3.8, 4) is 0 Å². The largest absolute Gasteiger partial charge is 0.478 e. The number of rotatable bonds is 6. The van der Waals surface area contributed by atoms with E-state index in [9.17, 15) is 9.59 Å². The Kier molecular flexibility index (Phi) is 15.9. The van der Waals surface area contributed by atoms with Crippen molar-refractivity contribution in [2.24, 2.45) is 4.99 Å². The minimum atomic E-state index is -0.429. The highest BCUT2D eigenvalue weighted by Crippen LogP contribution is 2.16. The Hall–Kier alpha value is -3.59. The molecule has 0 aliphatic heterocycles. The Morgan fingerprint density at radius 2 is 1.11 bits per heavy atom. The van der Waals surface area contributed by atoms with Crippen LogP contribution in [0, 0.1) is 33.1 Å². The van der Waals surface area contributed by atoms with Crippen molar-refractivity contribution in [2.75, 3.05) is 13.2 Å². The number of halogens is 3. The molecule has 0 aliphatic rings. The van der Waals surface area contributed by atoms with Gasteiger partial charge in [-0.15, -0.1) is 0 Å². The molecule has 0 aromatic heterocycles. The molecule has 1 amide bonds. The fourth-order valence-electron chi connectivity index (χ4n) is 4.14. The van der Waals surface area contributed by atoms with Crippen molar-refractivity contribution in [2.45, 2.75) is 41.5 Å². The number of aryl methyl sites for hydroxylation is 4. The number of nitrogens with one attached hydrogen (secondary N) is 1. The summed E-state index contributed by atoms with van der Waals surface area (Å²) >= 11 is 11.8. The number of nitrogens with zero attached hydrogens (tertiary/aromatic N) is 1. The molecule has 0 saturated heterocycles. The first kappa shape index (κ1) is 37.6. The molecule has 0 unspecified atom stereocenters. The molecule has 4 aromatic carbocycles. The quantitative estimate of drug-likeness (QED) is 0.121. The monoisotopic (exact) mass is 754 g/mol. The highest BCUT2D eigenvalue weighted by Gasteiger charge is 2.11. The standard InChI is InChI=1S/C18H18BrNO2.C11H15NO.C7H4BrClO/c1-4-22-18(15-9-12(2)8-13(3)10-15)20-17(21)14-6-5-7-16(19)11-14;1-4-13-11(12)10-6-8(2)5-9(3)7-10;8-6-3-1-2-5(4-6)7(9)10/h5-11H,4H2,1-3H3;5-7,12H,4H2,1-3H3;1-4H. The molecule has 0 atom stereocenters. The summed E-state index contributed by atoms with van der Waals surface area (Å²) in [5.41, 5.74) is 7.27. The maximum Gasteiger partial charge on any atom is 0.280 e. The second-order valence-corrected chi connectivity index (χ2v) is 12.1. The molecule has 0 bridgehead atoms. The number of aliphatic imine (C=N–C) groups is 1. The minimum absolute atomic E-state index is 0.259. The van der Waals surface area contributed by atoms with Crippen molar-refractivity contribution in [1.82, 2.24) is 0 Å². The van der Waals surface area contributed by atoms with Gasteiger partial charge in [0, 0.05) is 31.2 Å². The van der Waals surface area contributed by atoms with E-state index in [0.717, 1.165) is 31.2 Å². The number of carbonyl (C=O) groups excluding carboxylic acids is 2. The van der Waals surface area contributed by atoms with Crippen LogP contribution in [0.5, 0.6) is 0 Å². The zero-order valence-corrected chi connectivity index (χ0v) is 30.1. The summed E-state index contributed by atoms with van der Waals surface area (Å²) in [7, 11) is 0. The summed E-state index contributed by atoms with van der Waals surface area (Å²) in [4.78, 5) is 27.0. The molecule has 6 nitrogen and oxygen atoms in total. The van der Waals surface area contributed by atoms with Crippen LogP contribution >= 0.6 is 43.5 Å². The van der Waals surface area contributed by atoms with Gasteiger partial charge in [-0.3, -0.25) is 15.0 Å². The Morgan fingerprint density at radius 3 is 1.53 bits per heavy atom. The summed E-state index contributed by atoms with van der Waals surface area (Å²) < 4.78 is 12.4. The second kappa shape index (κ2) is 19.0. The molecule has 0 spiro atoms. The number of carbonyl (C=O) groups is 2. The van der Waals surface area contributed by atoms with Crippen molar-refractivity contribution >= 4 is 66.4 Å². The average Bonchev–Trinajstić information content (AvgIpc) is 2.97. The summed E-state index contributed by atoms with van der Waals surface area (Å²) in [6.07, 6.45) is 0. The highest BCUT2D eigenvalue weighted by atomic mass is 79.9. The van der Waals surface area contributed by atoms with Crippen molar-refractivity contribution in [3.63, 3.8) is 0 Å². The van der Waals surface area contributed by atoms with Crippen LogP contribution in [-0.2, 0) is 9.47 Å². The van der Waals surface area contributed by atoms with Gasteiger partial charge in [0.1, 0.15) is 0 Å². The van der Waals surface area contributed by atoms with Crippen molar-refractivity contribution < 1.29 is 19.1 Å². The van der Waals surface area contributed by atoms with Gasteiger partial charge in [-0.1, -0.05) is 84.4 Å². The predicted molar refractivity (Wildman–Crippen MR) is 191 cm³/mol. The first-order chi connectivity index (χ1) is 21.3. The molecular formula is C36H37Br2ClN2O4. The van der Waals surface area contributed by atoms with Gasteiger partial charge < -0.3 is 9.47 Å².